The molecule has 1 aliphatic heterocycles. The normalized spacial score (nSPS) is 17.8. The Balaban J connectivity index is 2.11. The predicted molar refractivity (Wildman–Crippen MR) is 64.3 cm³/mol. The Labute approximate surface area is 96.8 Å². The molecule has 90 valence electrons. The Morgan fingerprint density at radius 2 is 2.31 bits per heavy atom. The number of carbonyl (C=O) groups excluding carboxylic acids is 1. The summed E-state index contributed by atoms with van der Waals surface area (Å²) >= 11 is 0. The first-order valence-electron chi connectivity index (χ1n) is 5.89. The lowest BCUT2D eigenvalue weighted by molar-refractivity contribution is -0.144. The maximum Gasteiger partial charge on any atom is 0.307 e. The Bertz CT molecular complexity index is 285. The fourth-order valence-corrected chi connectivity index (χ4v) is 1.36. The topological polar surface area (TPSA) is 50.7 Å². The molecule has 0 aliphatic carbocycles. The van der Waals surface area contributed by atoms with Crippen LogP contribution in [-0.4, -0.2) is 24.5 Å². The largest absolute Gasteiger partial charge is 0.466 e. The third-order valence-corrected chi connectivity index (χ3v) is 2.30. The highest BCUT2D eigenvalue weighted by atomic mass is 16.5. The molecule has 0 aromatic carbocycles. The molecule has 1 aliphatic rings. The van der Waals surface area contributed by atoms with Gasteiger partial charge in [-0.15, -0.1) is 0 Å². The van der Waals surface area contributed by atoms with E-state index in [9.17, 15) is 4.79 Å². The number of ether oxygens (including phenoxy) is 1. The van der Waals surface area contributed by atoms with Crippen LogP contribution in [0.2, 0.25) is 0 Å². The van der Waals surface area contributed by atoms with E-state index in [1.54, 1.807) is 0 Å². The molecule has 0 fully saturated rings. The van der Waals surface area contributed by atoms with E-state index in [-0.39, 0.29) is 12.0 Å². The number of esters is 1. The summed E-state index contributed by atoms with van der Waals surface area (Å²) < 4.78 is 5.10. The van der Waals surface area contributed by atoms with Crippen LogP contribution in [0.1, 0.15) is 39.5 Å². The van der Waals surface area contributed by atoms with E-state index in [4.69, 9.17) is 4.74 Å². The summed E-state index contributed by atoms with van der Waals surface area (Å²) in [5.74, 6) is 0.683. The van der Waals surface area contributed by atoms with Gasteiger partial charge in [0.15, 0.2) is 0 Å². The van der Waals surface area contributed by atoms with Gasteiger partial charge in [0.25, 0.3) is 0 Å². The van der Waals surface area contributed by atoms with Crippen LogP contribution in [0.25, 0.3) is 0 Å². The summed E-state index contributed by atoms with van der Waals surface area (Å²) in [6.07, 6.45) is 7.25. The summed E-state index contributed by atoms with van der Waals surface area (Å²) in [4.78, 5) is 15.7. The second-order valence-electron chi connectivity index (χ2n) is 3.97. The maximum atomic E-state index is 11.4. The number of rotatable bonds is 7. The van der Waals surface area contributed by atoms with Gasteiger partial charge in [-0.2, -0.15) is 0 Å². The highest BCUT2D eigenvalue weighted by Gasteiger charge is 2.10. The highest BCUT2D eigenvalue weighted by molar-refractivity contribution is 5.98. The molecule has 0 radical (unpaired) electrons. The van der Waals surface area contributed by atoms with Gasteiger partial charge in [0.2, 0.25) is 0 Å². The minimum atomic E-state index is -0.156. The van der Waals surface area contributed by atoms with Crippen LogP contribution in [0.15, 0.2) is 17.3 Å². The van der Waals surface area contributed by atoms with Crippen molar-refractivity contribution in [2.45, 2.75) is 45.6 Å². The van der Waals surface area contributed by atoms with Gasteiger partial charge in [-0.3, -0.25) is 9.79 Å². The average molecular weight is 224 g/mol. The van der Waals surface area contributed by atoms with Crippen molar-refractivity contribution in [3.8, 4) is 0 Å². The van der Waals surface area contributed by atoms with Gasteiger partial charge in [-0.25, -0.2) is 0 Å². The van der Waals surface area contributed by atoms with Crippen molar-refractivity contribution in [2.75, 3.05) is 6.61 Å². The second kappa shape index (κ2) is 7.04. The average Bonchev–Trinajstić information content (AvgIpc) is 2.18. The first-order valence-corrected chi connectivity index (χ1v) is 5.89. The molecular weight excluding hydrogens is 204 g/mol. The minimum absolute atomic E-state index is 0.0221. The predicted octanol–water partition coefficient (Wildman–Crippen LogP) is 2.01. The van der Waals surface area contributed by atoms with Crippen molar-refractivity contribution in [1.29, 1.82) is 0 Å². The van der Waals surface area contributed by atoms with E-state index in [0.29, 0.717) is 13.0 Å². The second-order valence-corrected chi connectivity index (χ2v) is 3.97. The standard InChI is InChI=1S/C12H20N2O2/c1-3-4-5-8-16-12(15)9-10(2)14-11-6-7-13-11/h6-7,10H,3-5,8-9H2,1-2H3,(H,13,14). The smallest absolute Gasteiger partial charge is 0.307 e. The molecule has 1 rings (SSSR count). The summed E-state index contributed by atoms with van der Waals surface area (Å²) in [7, 11) is 0. The van der Waals surface area contributed by atoms with Gasteiger partial charge in [0, 0.05) is 6.20 Å². The zero-order valence-electron chi connectivity index (χ0n) is 10.0. The van der Waals surface area contributed by atoms with Gasteiger partial charge in [0.05, 0.1) is 19.1 Å². The number of hydrogen-bond acceptors (Lipinski definition) is 3. The molecule has 0 aromatic heterocycles. The molecular formula is C12H20N2O2. The van der Waals surface area contributed by atoms with Gasteiger partial charge >= 0.3 is 5.97 Å². The lowest BCUT2D eigenvalue weighted by Gasteiger charge is -2.12. The van der Waals surface area contributed by atoms with Crippen LogP contribution in [-0.2, 0) is 9.53 Å². The molecule has 0 bridgehead atoms. The number of nitrogens with one attached hydrogen (secondary N) is 1. The molecule has 1 unspecified atom stereocenters. The van der Waals surface area contributed by atoms with Crippen molar-refractivity contribution < 1.29 is 9.53 Å². The highest BCUT2D eigenvalue weighted by Crippen LogP contribution is 2.03. The lowest BCUT2D eigenvalue weighted by Crippen LogP contribution is -2.26. The van der Waals surface area contributed by atoms with E-state index in [0.717, 1.165) is 25.1 Å². The van der Waals surface area contributed by atoms with Crippen LogP contribution in [0.3, 0.4) is 0 Å². The molecule has 1 N–H and O–H groups in total. The van der Waals surface area contributed by atoms with Crippen LogP contribution >= 0.6 is 0 Å². The van der Waals surface area contributed by atoms with E-state index in [2.05, 4.69) is 17.2 Å². The summed E-state index contributed by atoms with van der Waals surface area (Å²) in [6.45, 7) is 4.57. The van der Waals surface area contributed by atoms with Crippen LogP contribution in [0.5, 0.6) is 0 Å². The van der Waals surface area contributed by atoms with Crippen molar-refractivity contribution >= 4 is 11.8 Å². The first kappa shape index (κ1) is 12.7. The van der Waals surface area contributed by atoms with Gasteiger partial charge < -0.3 is 10.1 Å². The molecule has 0 spiro atoms. The molecule has 16 heavy (non-hydrogen) atoms. The molecule has 1 heterocycles. The summed E-state index contributed by atoms with van der Waals surface area (Å²) in [5.41, 5.74) is 0. The molecule has 0 saturated carbocycles. The lowest BCUT2D eigenvalue weighted by atomic mass is 10.2. The third-order valence-electron chi connectivity index (χ3n) is 2.30. The van der Waals surface area contributed by atoms with Crippen LogP contribution in [0, 0.1) is 0 Å². The number of hydrogen-bond donors (Lipinski definition) is 1. The molecule has 0 aromatic rings. The number of amidine groups is 1. The van der Waals surface area contributed by atoms with E-state index in [1.165, 1.54) is 0 Å². The minimum Gasteiger partial charge on any atom is -0.466 e. The first-order chi connectivity index (χ1) is 7.72. The summed E-state index contributed by atoms with van der Waals surface area (Å²) in [5, 5.41) is 2.93. The Kier molecular flexibility index (Phi) is 5.61. The number of nitrogens with zero attached hydrogens (tertiary/aromatic N) is 1. The SMILES string of the molecule is CCCCCOC(=O)CC(C)N=C1C=CN1. The Morgan fingerprint density at radius 1 is 1.56 bits per heavy atom. The summed E-state index contributed by atoms with van der Waals surface area (Å²) in [6, 6.07) is -0.0221. The molecule has 0 saturated heterocycles. The fraction of sp³-hybridized carbons (Fsp3) is 0.667. The van der Waals surface area contributed by atoms with Crippen molar-refractivity contribution in [3.63, 3.8) is 0 Å². The van der Waals surface area contributed by atoms with Crippen molar-refractivity contribution in [3.05, 3.63) is 12.3 Å². The third kappa shape index (κ3) is 4.96. The number of carbonyl (C=O) groups is 1. The number of unbranched alkanes of at least 4 members (excludes halogenated alkanes) is 2. The van der Waals surface area contributed by atoms with E-state index in [1.807, 2.05) is 19.2 Å². The van der Waals surface area contributed by atoms with E-state index < -0.39 is 0 Å². The molecule has 1 atom stereocenters. The van der Waals surface area contributed by atoms with Gasteiger partial charge in [0.1, 0.15) is 5.84 Å². The Hall–Kier alpha value is -1.32. The number of aliphatic imine (C=N–C) groups is 1. The molecule has 0 amide bonds. The molecule has 4 heteroatoms. The van der Waals surface area contributed by atoms with Gasteiger partial charge in [-0.1, -0.05) is 19.8 Å². The Morgan fingerprint density at radius 3 is 2.88 bits per heavy atom. The quantitative estimate of drug-likeness (QED) is 0.531. The van der Waals surface area contributed by atoms with Gasteiger partial charge in [-0.05, 0) is 19.4 Å². The zero-order chi connectivity index (χ0) is 11.8. The van der Waals surface area contributed by atoms with Crippen molar-refractivity contribution in [2.24, 2.45) is 4.99 Å². The van der Waals surface area contributed by atoms with Crippen LogP contribution < -0.4 is 5.32 Å². The van der Waals surface area contributed by atoms with Crippen molar-refractivity contribution in [1.82, 2.24) is 5.32 Å². The monoisotopic (exact) mass is 224 g/mol. The maximum absolute atomic E-state index is 11.4. The molecule has 4 nitrogen and oxygen atoms in total. The van der Waals surface area contributed by atoms with Crippen LogP contribution in [0.4, 0.5) is 0 Å². The zero-order valence-corrected chi connectivity index (χ0v) is 10.0. The fourth-order valence-electron chi connectivity index (χ4n) is 1.36. The van der Waals surface area contributed by atoms with E-state index >= 15 is 0 Å².